The van der Waals surface area contributed by atoms with Gasteiger partial charge in [-0.1, -0.05) is 15.9 Å². The smallest absolute Gasteiger partial charge is 0.173 e. The van der Waals surface area contributed by atoms with Gasteiger partial charge in [0.1, 0.15) is 0 Å². The average molecular weight is 282 g/mol. The van der Waals surface area contributed by atoms with Gasteiger partial charge in [0.05, 0.1) is 5.33 Å². The van der Waals surface area contributed by atoms with Crippen molar-refractivity contribution < 1.29 is 4.79 Å². The number of benzene rings is 1. The second kappa shape index (κ2) is 5.48. The van der Waals surface area contributed by atoms with E-state index in [1.54, 1.807) is 0 Å². The molecular formula is C13H16BrNO. The minimum atomic E-state index is 0.144. The lowest BCUT2D eigenvalue weighted by molar-refractivity contribution is 0.102. The number of nitrogens with zero attached hydrogens (tertiary/aromatic N) is 1. The zero-order chi connectivity index (χ0) is 11.4. The van der Waals surface area contributed by atoms with Gasteiger partial charge in [-0.3, -0.25) is 4.79 Å². The van der Waals surface area contributed by atoms with E-state index in [2.05, 4.69) is 33.0 Å². The number of alkyl halides is 1. The fourth-order valence-electron chi connectivity index (χ4n) is 2.09. The second-order valence-corrected chi connectivity index (χ2v) is 4.71. The molecule has 3 heteroatoms. The molecule has 1 aliphatic heterocycles. The Balaban J connectivity index is 2.09. The summed E-state index contributed by atoms with van der Waals surface area (Å²) in [6, 6.07) is 7.96. The van der Waals surface area contributed by atoms with Gasteiger partial charge >= 0.3 is 0 Å². The van der Waals surface area contributed by atoms with Gasteiger partial charge in [-0.15, -0.1) is 0 Å². The third-order valence-electron chi connectivity index (χ3n) is 3.03. The predicted octanol–water partition coefficient (Wildman–Crippen LogP) is 3.25. The minimum absolute atomic E-state index is 0.144. The summed E-state index contributed by atoms with van der Waals surface area (Å²) >= 11 is 3.19. The Bertz CT molecular complexity index is 355. The van der Waals surface area contributed by atoms with E-state index in [-0.39, 0.29) is 5.78 Å². The predicted molar refractivity (Wildman–Crippen MR) is 70.6 cm³/mol. The molecule has 0 atom stereocenters. The summed E-state index contributed by atoms with van der Waals surface area (Å²) in [5.41, 5.74) is 2.03. The highest BCUT2D eigenvalue weighted by molar-refractivity contribution is 9.09. The summed E-state index contributed by atoms with van der Waals surface area (Å²) in [6.07, 6.45) is 3.90. The van der Waals surface area contributed by atoms with Crippen molar-refractivity contribution in [1.82, 2.24) is 0 Å². The van der Waals surface area contributed by atoms with Crippen LogP contribution >= 0.6 is 15.9 Å². The lowest BCUT2D eigenvalue weighted by Gasteiger charge is -2.28. The Labute approximate surface area is 105 Å². The topological polar surface area (TPSA) is 20.3 Å². The van der Waals surface area contributed by atoms with Crippen LogP contribution in [0, 0.1) is 0 Å². The van der Waals surface area contributed by atoms with Crippen LogP contribution < -0.4 is 4.90 Å². The molecule has 2 rings (SSSR count). The molecule has 0 radical (unpaired) electrons. The fourth-order valence-corrected chi connectivity index (χ4v) is 2.41. The van der Waals surface area contributed by atoms with Gasteiger partial charge in [0.2, 0.25) is 0 Å². The van der Waals surface area contributed by atoms with E-state index in [4.69, 9.17) is 0 Å². The van der Waals surface area contributed by atoms with Crippen LogP contribution in [0.15, 0.2) is 24.3 Å². The summed E-state index contributed by atoms with van der Waals surface area (Å²) in [6.45, 7) is 2.29. The van der Waals surface area contributed by atoms with Crippen molar-refractivity contribution in [2.75, 3.05) is 23.3 Å². The summed E-state index contributed by atoms with van der Waals surface area (Å²) in [7, 11) is 0. The maximum Gasteiger partial charge on any atom is 0.173 e. The summed E-state index contributed by atoms with van der Waals surface area (Å²) in [5, 5.41) is 0.399. The Morgan fingerprint density at radius 1 is 1.12 bits per heavy atom. The van der Waals surface area contributed by atoms with Crippen molar-refractivity contribution in [3.8, 4) is 0 Å². The van der Waals surface area contributed by atoms with E-state index in [1.807, 2.05) is 12.1 Å². The van der Waals surface area contributed by atoms with Gasteiger partial charge in [0.15, 0.2) is 5.78 Å². The van der Waals surface area contributed by atoms with E-state index >= 15 is 0 Å². The first-order valence-electron chi connectivity index (χ1n) is 5.75. The van der Waals surface area contributed by atoms with Gasteiger partial charge in [0, 0.05) is 24.3 Å². The van der Waals surface area contributed by atoms with Crippen molar-refractivity contribution in [2.24, 2.45) is 0 Å². The SMILES string of the molecule is O=C(CBr)c1ccc(N2CCCCC2)cc1. The number of anilines is 1. The van der Waals surface area contributed by atoms with E-state index in [1.165, 1.54) is 24.9 Å². The van der Waals surface area contributed by atoms with Gasteiger partial charge in [-0.2, -0.15) is 0 Å². The first-order valence-corrected chi connectivity index (χ1v) is 6.87. The maximum atomic E-state index is 11.4. The van der Waals surface area contributed by atoms with Crippen LogP contribution in [0.1, 0.15) is 29.6 Å². The number of hydrogen-bond acceptors (Lipinski definition) is 2. The Hall–Kier alpha value is -0.830. The molecule has 1 fully saturated rings. The Kier molecular flexibility index (Phi) is 3.99. The van der Waals surface area contributed by atoms with Crippen LogP contribution in [-0.4, -0.2) is 24.2 Å². The van der Waals surface area contributed by atoms with E-state index < -0.39 is 0 Å². The standard InChI is InChI=1S/C13H16BrNO/c14-10-13(16)11-4-6-12(7-5-11)15-8-2-1-3-9-15/h4-7H,1-3,8-10H2. The van der Waals surface area contributed by atoms with Crippen molar-refractivity contribution in [3.63, 3.8) is 0 Å². The van der Waals surface area contributed by atoms with E-state index in [0.717, 1.165) is 18.7 Å². The quantitative estimate of drug-likeness (QED) is 0.626. The molecule has 0 N–H and O–H groups in total. The zero-order valence-corrected chi connectivity index (χ0v) is 10.9. The molecule has 2 nitrogen and oxygen atoms in total. The van der Waals surface area contributed by atoms with E-state index in [9.17, 15) is 4.79 Å². The monoisotopic (exact) mass is 281 g/mol. The molecule has 1 aromatic carbocycles. The zero-order valence-electron chi connectivity index (χ0n) is 9.29. The highest BCUT2D eigenvalue weighted by Gasteiger charge is 2.11. The molecule has 0 spiro atoms. The number of halogens is 1. The third kappa shape index (κ3) is 2.64. The minimum Gasteiger partial charge on any atom is -0.372 e. The van der Waals surface area contributed by atoms with Crippen LogP contribution in [0.5, 0.6) is 0 Å². The van der Waals surface area contributed by atoms with Crippen molar-refractivity contribution in [3.05, 3.63) is 29.8 Å². The van der Waals surface area contributed by atoms with Crippen molar-refractivity contribution in [2.45, 2.75) is 19.3 Å². The van der Waals surface area contributed by atoms with E-state index in [0.29, 0.717) is 5.33 Å². The van der Waals surface area contributed by atoms with Gasteiger partial charge in [0.25, 0.3) is 0 Å². The molecule has 0 amide bonds. The largest absolute Gasteiger partial charge is 0.372 e. The second-order valence-electron chi connectivity index (χ2n) is 4.15. The van der Waals surface area contributed by atoms with Crippen LogP contribution in [-0.2, 0) is 0 Å². The molecule has 16 heavy (non-hydrogen) atoms. The molecule has 0 saturated carbocycles. The number of piperidine rings is 1. The molecule has 0 unspecified atom stereocenters. The molecular weight excluding hydrogens is 266 g/mol. The fraction of sp³-hybridized carbons (Fsp3) is 0.462. The van der Waals surface area contributed by atoms with Crippen LogP contribution in [0.3, 0.4) is 0 Å². The lowest BCUT2D eigenvalue weighted by atomic mass is 10.1. The first-order chi connectivity index (χ1) is 7.81. The highest BCUT2D eigenvalue weighted by Crippen LogP contribution is 2.20. The number of rotatable bonds is 3. The normalized spacial score (nSPS) is 16.2. The molecule has 1 saturated heterocycles. The first kappa shape index (κ1) is 11.6. The highest BCUT2D eigenvalue weighted by atomic mass is 79.9. The number of carbonyl (C=O) groups is 1. The molecule has 0 aliphatic carbocycles. The molecule has 1 aromatic rings. The van der Waals surface area contributed by atoms with Gasteiger partial charge < -0.3 is 4.90 Å². The number of hydrogen-bond donors (Lipinski definition) is 0. The number of ketones is 1. The summed E-state index contributed by atoms with van der Waals surface area (Å²) < 4.78 is 0. The molecule has 0 bridgehead atoms. The molecule has 86 valence electrons. The Morgan fingerprint density at radius 2 is 1.75 bits per heavy atom. The molecule has 0 aromatic heterocycles. The van der Waals surface area contributed by atoms with Gasteiger partial charge in [-0.05, 0) is 43.5 Å². The number of Topliss-reactive ketones (excluding diaryl/α,β-unsaturated/α-hetero) is 1. The van der Waals surface area contributed by atoms with Crippen molar-refractivity contribution in [1.29, 1.82) is 0 Å². The van der Waals surface area contributed by atoms with Crippen LogP contribution in [0.2, 0.25) is 0 Å². The number of carbonyl (C=O) groups excluding carboxylic acids is 1. The summed E-state index contributed by atoms with van der Waals surface area (Å²) in [4.78, 5) is 13.8. The Morgan fingerprint density at radius 3 is 2.31 bits per heavy atom. The van der Waals surface area contributed by atoms with Gasteiger partial charge in [-0.25, -0.2) is 0 Å². The molecule has 1 heterocycles. The lowest BCUT2D eigenvalue weighted by Crippen LogP contribution is -2.29. The van der Waals surface area contributed by atoms with Crippen LogP contribution in [0.4, 0.5) is 5.69 Å². The maximum absolute atomic E-state index is 11.4. The third-order valence-corrected chi connectivity index (χ3v) is 3.54. The molecule has 1 aliphatic rings. The van der Waals surface area contributed by atoms with Crippen LogP contribution in [0.25, 0.3) is 0 Å². The average Bonchev–Trinajstić information content (AvgIpc) is 2.39. The summed E-state index contributed by atoms with van der Waals surface area (Å²) in [5.74, 6) is 0.144. The van der Waals surface area contributed by atoms with Crippen molar-refractivity contribution >= 4 is 27.4 Å².